The van der Waals surface area contributed by atoms with Crippen molar-refractivity contribution in [3.63, 3.8) is 0 Å². The van der Waals surface area contributed by atoms with Crippen LogP contribution in [0.3, 0.4) is 0 Å². The van der Waals surface area contributed by atoms with Gasteiger partial charge >= 0.3 is 5.97 Å². The van der Waals surface area contributed by atoms with Gasteiger partial charge in [-0.25, -0.2) is 8.42 Å². The molecule has 0 bridgehead atoms. The summed E-state index contributed by atoms with van der Waals surface area (Å²) in [6.45, 7) is 8.66. The lowest BCUT2D eigenvalue weighted by Crippen LogP contribution is -2.49. The fourth-order valence-corrected chi connectivity index (χ4v) is 3.70. The van der Waals surface area contributed by atoms with Crippen LogP contribution >= 0.6 is 0 Å². The average molecular weight is 305 g/mol. The van der Waals surface area contributed by atoms with Crippen molar-refractivity contribution < 1.29 is 18.3 Å². The van der Waals surface area contributed by atoms with Gasteiger partial charge < -0.3 is 10.0 Å². The van der Waals surface area contributed by atoms with Gasteiger partial charge in [0.1, 0.15) is 0 Å². The Bertz CT molecular complexity index is 452. The Balaban J connectivity index is 2.69. The molecule has 1 aliphatic heterocycles. The van der Waals surface area contributed by atoms with Crippen molar-refractivity contribution in [2.75, 3.05) is 25.4 Å². The van der Waals surface area contributed by atoms with Gasteiger partial charge in [-0.3, -0.25) is 4.79 Å². The number of likely N-dealkylation sites (tertiary alicyclic amines) is 1. The lowest BCUT2D eigenvalue weighted by atomic mass is 9.78. The Kier molecular flexibility index (Phi) is 5.24. The van der Waals surface area contributed by atoms with Gasteiger partial charge in [0, 0.05) is 13.1 Å². The van der Waals surface area contributed by atoms with Crippen molar-refractivity contribution in [3.05, 3.63) is 0 Å². The highest BCUT2D eigenvalue weighted by Gasteiger charge is 2.41. The molecule has 1 saturated heterocycles. The molecule has 5 nitrogen and oxygen atoms in total. The molecule has 1 rings (SSSR count). The smallest absolute Gasteiger partial charge is 0.310 e. The summed E-state index contributed by atoms with van der Waals surface area (Å²) in [5.74, 6) is -0.668. The van der Waals surface area contributed by atoms with Gasteiger partial charge in [0.2, 0.25) is 0 Å². The van der Waals surface area contributed by atoms with Crippen molar-refractivity contribution >= 4 is 15.8 Å². The highest BCUT2D eigenvalue weighted by atomic mass is 32.2. The fourth-order valence-electron chi connectivity index (χ4n) is 2.59. The molecule has 0 spiro atoms. The van der Waals surface area contributed by atoms with E-state index in [4.69, 9.17) is 0 Å². The minimum Gasteiger partial charge on any atom is -0.481 e. The van der Waals surface area contributed by atoms with Gasteiger partial charge in [0.05, 0.1) is 15.9 Å². The summed E-state index contributed by atoms with van der Waals surface area (Å²) in [6, 6.07) is 0. The van der Waals surface area contributed by atoms with Gasteiger partial charge in [-0.15, -0.1) is 0 Å². The topological polar surface area (TPSA) is 74.7 Å². The van der Waals surface area contributed by atoms with Crippen LogP contribution in [0, 0.1) is 5.41 Å². The van der Waals surface area contributed by atoms with E-state index in [-0.39, 0.29) is 5.75 Å². The third-order valence-electron chi connectivity index (χ3n) is 4.40. The third-order valence-corrected chi connectivity index (χ3v) is 6.98. The number of rotatable bonds is 5. The first kappa shape index (κ1) is 17.4. The van der Waals surface area contributed by atoms with Crippen LogP contribution in [0.15, 0.2) is 0 Å². The molecule has 1 fully saturated rings. The molecule has 0 amide bonds. The van der Waals surface area contributed by atoms with E-state index in [0.717, 1.165) is 13.0 Å². The second-order valence-electron chi connectivity index (χ2n) is 6.75. The van der Waals surface area contributed by atoms with Crippen LogP contribution in [0.4, 0.5) is 0 Å². The quantitative estimate of drug-likeness (QED) is 0.838. The van der Waals surface area contributed by atoms with E-state index in [1.54, 1.807) is 20.8 Å². The first-order valence-electron chi connectivity index (χ1n) is 7.22. The number of nitrogens with zero attached hydrogens (tertiary/aromatic N) is 1. The standard InChI is InChI=1S/C14H27NO4S/c1-5-14(12(16)17)7-6-8-15(11-14)9-10-20(18,19)13(2,3)4/h5-11H2,1-4H3,(H,16,17). The van der Waals surface area contributed by atoms with Crippen molar-refractivity contribution in [1.82, 2.24) is 4.90 Å². The number of hydrogen-bond donors (Lipinski definition) is 1. The van der Waals surface area contributed by atoms with Gasteiger partial charge in [-0.2, -0.15) is 0 Å². The highest BCUT2D eigenvalue weighted by molar-refractivity contribution is 7.92. The van der Waals surface area contributed by atoms with Gasteiger partial charge in [-0.05, 0) is 46.6 Å². The van der Waals surface area contributed by atoms with Crippen LogP contribution in [-0.4, -0.2) is 54.5 Å². The Morgan fingerprint density at radius 1 is 1.35 bits per heavy atom. The van der Waals surface area contributed by atoms with Crippen molar-refractivity contribution in [1.29, 1.82) is 0 Å². The zero-order valence-electron chi connectivity index (χ0n) is 13.0. The normalized spacial score (nSPS) is 25.6. The zero-order valence-corrected chi connectivity index (χ0v) is 13.8. The highest BCUT2D eigenvalue weighted by Crippen LogP contribution is 2.33. The van der Waals surface area contributed by atoms with Crippen molar-refractivity contribution in [3.8, 4) is 0 Å². The third kappa shape index (κ3) is 3.73. The Morgan fingerprint density at radius 3 is 2.40 bits per heavy atom. The molecule has 1 N–H and O–H groups in total. The molecule has 118 valence electrons. The maximum atomic E-state index is 12.1. The van der Waals surface area contributed by atoms with Crippen LogP contribution in [-0.2, 0) is 14.6 Å². The van der Waals surface area contributed by atoms with E-state index in [9.17, 15) is 18.3 Å². The molecule has 0 radical (unpaired) electrons. The number of carboxylic acid groups (broad SMARTS) is 1. The number of aliphatic carboxylic acids is 1. The predicted octanol–water partition coefficient (Wildman–Crippen LogP) is 1.78. The summed E-state index contributed by atoms with van der Waals surface area (Å²) in [7, 11) is -3.15. The summed E-state index contributed by atoms with van der Waals surface area (Å²) in [4.78, 5) is 13.5. The lowest BCUT2D eigenvalue weighted by molar-refractivity contribution is -0.152. The molecule has 0 saturated carbocycles. The molecule has 0 aromatic carbocycles. The molecular weight excluding hydrogens is 278 g/mol. The number of carboxylic acids is 1. The number of piperidine rings is 1. The number of hydrogen-bond acceptors (Lipinski definition) is 4. The predicted molar refractivity (Wildman–Crippen MR) is 79.6 cm³/mol. The van der Waals surface area contributed by atoms with E-state index in [2.05, 4.69) is 0 Å². The van der Waals surface area contributed by atoms with Crippen LogP contribution < -0.4 is 0 Å². The second kappa shape index (κ2) is 6.02. The first-order chi connectivity index (χ1) is 9.04. The molecule has 1 unspecified atom stereocenters. The average Bonchev–Trinajstić information content (AvgIpc) is 2.35. The van der Waals surface area contributed by atoms with Crippen LogP contribution in [0.5, 0.6) is 0 Å². The van der Waals surface area contributed by atoms with Gasteiger partial charge in [0.15, 0.2) is 9.84 Å². The molecule has 0 aromatic rings. The molecule has 1 atom stereocenters. The summed E-state index contributed by atoms with van der Waals surface area (Å²) < 4.78 is 23.5. The van der Waals surface area contributed by atoms with Crippen LogP contribution in [0.2, 0.25) is 0 Å². The number of sulfone groups is 1. The maximum absolute atomic E-state index is 12.1. The summed E-state index contributed by atoms with van der Waals surface area (Å²) in [6.07, 6.45) is 2.09. The summed E-state index contributed by atoms with van der Waals surface area (Å²) in [5, 5.41) is 9.42. The Hall–Kier alpha value is -0.620. The van der Waals surface area contributed by atoms with Crippen LogP contribution in [0.25, 0.3) is 0 Å². The summed E-state index contributed by atoms with van der Waals surface area (Å²) in [5.41, 5.74) is -0.705. The van der Waals surface area contributed by atoms with Gasteiger partial charge in [-0.1, -0.05) is 6.92 Å². The molecule has 6 heteroatoms. The minimum absolute atomic E-state index is 0.0932. The molecule has 20 heavy (non-hydrogen) atoms. The molecule has 0 aliphatic carbocycles. The Labute approximate surface area is 122 Å². The zero-order chi connectivity index (χ0) is 15.6. The first-order valence-corrected chi connectivity index (χ1v) is 8.87. The second-order valence-corrected chi connectivity index (χ2v) is 9.61. The largest absolute Gasteiger partial charge is 0.481 e. The minimum atomic E-state index is -3.15. The monoisotopic (exact) mass is 305 g/mol. The van der Waals surface area contributed by atoms with Gasteiger partial charge in [0.25, 0.3) is 0 Å². The maximum Gasteiger partial charge on any atom is 0.310 e. The number of carbonyl (C=O) groups is 1. The van der Waals surface area contributed by atoms with E-state index in [1.807, 2.05) is 11.8 Å². The SMILES string of the molecule is CCC1(C(=O)O)CCCN(CCS(=O)(=O)C(C)(C)C)C1. The van der Waals surface area contributed by atoms with E-state index < -0.39 is 26.0 Å². The summed E-state index contributed by atoms with van der Waals surface area (Å²) >= 11 is 0. The molecule has 1 aliphatic rings. The van der Waals surface area contributed by atoms with Crippen molar-refractivity contribution in [2.45, 2.75) is 51.7 Å². The molecule has 0 aromatic heterocycles. The lowest BCUT2D eigenvalue weighted by Gasteiger charge is -2.39. The van der Waals surface area contributed by atoms with E-state index in [1.165, 1.54) is 0 Å². The molecule has 1 heterocycles. The van der Waals surface area contributed by atoms with E-state index >= 15 is 0 Å². The molecular formula is C14H27NO4S. The Morgan fingerprint density at radius 2 is 1.95 bits per heavy atom. The van der Waals surface area contributed by atoms with E-state index in [0.29, 0.717) is 25.9 Å². The fraction of sp³-hybridized carbons (Fsp3) is 0.929. The van der Waals surface area contributed by atoms with Crippen molar-refractivity contribution in [2.24, 2.45) is 5.41 Å². The van der Waals surface area contributed by atoms with Crippen LogP contribution in [0.1, 0.15) is 47.0 Å².